The van der Waals surface area contributed by atoms with Crippen LogP contribution in [-0.2, 0) is 12.7 Å². The molecular formula is C11H15F3N2. The predicted molar refractivity (Wildman–Crippen MR) is 54.0 cm³/mol. The van der Waals surface area contributed by atoms with Gasteiger partial charge in [-0.1, -0.05) is 13.8 Å². The van der Waals surface area contributed by atoms with E-state index < -0.39 is 11.9 Å². The van der Waals surface area contributed by atoms with Crippen molar-refractivity contribution in [2.45, 2.75) is 45.3 Å². The summed E-state index contributed by atoms with van der Waals surface area (Å²) < 4.78 is 39.1. The van der Waals surface area contributed by atoms with Gasteiger partial charge in [0.05, 0.1) is 0 Å². The Bertz CT molecular complexity index is 375. The van der Waals surface area contributed by atoms with Crippen LogP contribution in [0.1, 0.15) is 44.0 Å². The van der Waals surface area contributed by atoms with Crippen LogP contribution in [0.2, 0.25) is 0 Å². The Kier molecular flexibility index (Phi) is 2.72. The van der Waals surface area contributed by atoms with Crippen LogP contribution in [0.4, 0.5) is 13.2 Å². The zero-order valence-electron chi connectivity index (χ0n) is 9.38. The van der Waals surface area contributed by atoms with Crippen LogP contribution in [-0.4, -0.2) is 9.78 Å². The maximum Gasteiger partial charge on any atom is 0.435 e. The van der Waals surface area contributed by atoms with E-state index in [2.05, 4.69) is 5.10 Å². The molecule has 0 aliphatic heterocycles. The molecule has 0 amide bonds. The van der Waals surface area contributed by atoms with E-state index >= 15 is 0 Å². The van der Waals surface area contributed by atoms with Gasteiger partial charge >= 0.3 is 6.18 Å². The van der Waals surface area contributed by atoms with Crippen LogP contribution in [0.15, 0.2) is 6.07 Å². The summed E-state index contributed by atoms with van der Waals surface area (Å²) >= 11 is 0. The van der Waals surface area contributed by atoms with Gasteiger partial charge in [0.25, 0.3) is 0 Å². The summed E-state index contributed by atoms with van der Waals surface area (Å²) in [5.41, 5.74) is -0.0870. The van der Waals surface area contributed by atoms with Gasteiger partial charge in [-0.25, -0.2) is 0 Å². The molecule has 1 aliphatic carbocycles. The topological polar surface area (TPSA) is 17.8 Å². The third-order valence-corrected chi connectivity index (χ3v) is 2.82. The molecular weight excluding hydrogens is 217 g/mol. The minimum absolute atomic E-state index is 0.0716. The molecule has 90 valence electrons. The third kappa shape index (κ3) is 2.39. The van der Waals surface area contributed by atoms with Crippen LogP contribution in [0.3, 0.4) is 0 Å². The van der Waals surface area contributed by atoms with Crippen LogP contribution in [0.25, 0.3) is 0 Å². The monoisotopic (exact) mass is 232 g/mol. The first kappa shape index (κ1) is 11.5. The highest BCUT2D eigenvalue weighted by atomic mass is 19.4. The number of halogens is 3. The van der Waals surface area contributed by atoms with Gasteiger partial charge in [0.15, 0.2) is 5.69 Å². The highest BCUT2D eigenvalue weighted by molar-refractivity contribution is 5.16. The largest absolute Gasteiger partial charge is 0.435 e. The molecule has 0 saturated heterocycles. The van der Waals surface area contributed by atoms with E-state index in [0.717, 1.165) is 12.8 Å². The van der Waals surface area contributed by atoms with Crippen molar-refractivity contribution in [2.24, 2.45) is 5.92 Å². The predicted octanol–water partition coefficient (Wildman–Crippen LogP) is 3.44. The number of hydrogen-bond donors (Lipinski definition) is 0. The van der Waals surface area contributed by atoms with E-state index in [1.54, 1.807) is 0 Å². The second-order valence-corrected chi connectivity index (χ2v) is 4.73. The first-order chi connectivity index (χ1) is 7.38. The third-order valence-electron chi connectivity index (χ3n) is 2.82. The Labute approximate surface area is 92.4 Å². The molecule has 0 spiro atoms. The van der Waals surface area contributed by atoms with Crippen molar-refractivity contribution in [3.8, 4) is 0 Å². The lowest BCUT2D eigenvalue weighted by atomic mass is 10.1. The van der Waals surface area contributed by atoms with Gasteiger partial charge in [-0.05, 0) is 30.7 Å². The maximum absolute atomic E-state index is 12.5. The molecule has 2 rings (SSSR count). The number of aromatic nitrogens is 2. The van der Waals surface area contributed by atoms with Gasteiger partial charge in [-0.3, -0.25) is 4.68 Å². The summed E-state index contributed by atoms with van der Waals surface area (Å²) in [6.45, 7) is 4.41. The molecule has 16 heavy (non-hydrogen) atoms. The minimum Gasteiger partial charge on any atom is -0.268 e. The van der Waals surface area contributed by atoms with Crippen LogP contribution in [0, 0.1) is 5.92 Å². The zero-order chi connectivity index (χ0) is 11.9. The van der Waals surface area contributed by atoms with Crippen LogP contribution >= 0.6 is 0 Å². The molecule has 1 fully saturated rings. The molecule has 0 radical (unpaired) electrons. The molecule has 0 atom stereocenters. The highest BCUT2D eigenvalue weighted by Crippen LogP contribution is 2.34. The molecule has 0 bridgehead atoms. The molecule has 0 unspecified atom stereocenters. The Balaban J connectivity index is 2.29. The van der Waals surface area contributed by atoms with Crippen molar-refractivity contribution in [2.75, 3.05) is 0 Å². The van der Waals surface area contributed by atoms with E-state index in [0.29, 0.717) is 18.2 Å². The average Bonchev–Trinajstić information content (AvgIpc) is 2.80. The smallest absolute Gasteiger partial charge is 0.268 e. The van der Waals surface area contributed by atoms with Gasteiger partial charge in [0, 0.05) is 12.2 Å². The van der Waals surface area contributed by atoms with E-state index in [1.165, 1.54) is 10.7 Å². The second-order valence-electron chi connectivity index (χ2n) is 4.73. The van der Waals surface area contributed by atoms with Crippen molar-refractivity contribution in [1.29, 1.82) is 0 Å². The van der Waals surface area contributed by atoms with Gasteiger partial charge in [-0.15, -0.1) is 0 Å². The molecule has 1 aromatic heterocycles. The summed E-state index contributed by atoms with van der Waals surface area (Å²) in [6, 6.07) is 1.17. The van der Waals surface area contributed by atoms with Crippen molar-refractivity contribution in [3.63, 3.8) is 0 Å². The fraction of sp³-hybridized carbons (Fsp3) is 0.727. The SMILES string of the molecule is CC(C)c1cc(C(F)(F)F)nn1CC1CC1. The van der Waals surface area contributed by atoms with Crippen molar-refractivity contribution in [1.82, 2.24) is 9.78 Å². The zero-order valence-corrected chi connectivity index (χ0v) is 9.38. The van der Waals surface area contributed by atoms with E-state index in [4.69, 9.17) is 0 Å². The average molecular weight is 232 g/mol. The lowest BCUT2D eigenvalue weighted by Crippen LogP contribution is -2.10. The Morgan fingerprint density at radius 3 is 2.50 bits per heavy atom. The molecule has 1 aliphatic rings. The number of hydrogen-bond acceptors (Lipinski definition) is 1. The fourth-order valence-corrected chi connectivity index (χ4v) is 1.73. The number of rotatable bonds is 3. The van der Waals surface area contributed by atoms with E-state index in [1.807, 2.05) is 13.8 Å². The van der Waals surface area contributed by atoms with Gasteiger partial charge in [-0.2, -0.15) is 18.3 Å². The summed E-state index contributed by atoms with van der Waals surface area (Å²) in [5, 5.41) is 3.67. The van der Waals surface area contributed by atoms with Gasteiger partial charge in [0.1, 0.15) is 0 Å². The first-order valence-corrected chi connectivity index (χ1v) is 5.53. The minimum atomic E-state index is -4.33. The highest BCUT2D eigenvalue weighted by Gasteiger charge is 2.35. The van der Waals surface area contributed by atoms with Crippen molar-refractivity contribution in [3.05, 3.63) is 17.5 Å². The maximum atomic E-state index is 12.5. The van der Waals surface area contributed by atoms with E-state index in [9.17, 15) is 13.2 Å². The number of nitrogens with zero attached hydrogens (tertiary/aromatic N) is 2. The van der Waals surface area contributed by atoms with Crippen LogP contribution < -0.4 is 0 Å². The molecule has 1 heterocycles. The first-order valence-electron chi connectivity index (χ1n) is 5.53. The summed E-state index contributed by atoms with van der Waals surface area (Å²) in [5.74, 6) is 0.598. The Morgan fingerprint density at radius 2 is 2.06 bits per heavy atom. The second kappa shape index (κ2) is 3.79. The molecule has 2 nitrogen and oxygen atoms in total. The van der Waals surface area contributed by atoms with Crippen LogP contribution in [0.5, 0.6) is 0 Å². The quantitative estimate of drug-likeness (QED) is 0.780. The lowest BCUT2D eigenvalue weighted by Gasteiger charge is -2.08. The fourth-order valence-electron chi connectivity index (χ4n) is 1.73. The lowest BCUT2D eigenvalue weighted by molar-refractivity contribution is -0.141. The Morgan fingerprint density at radius 1 is 1.44 bits per heavy atom. The molecule has 0 N–H and O–H groups in total. The van der Waals surface area contributed by atoms with E-state index in [-0.39, 0.29) is 5.92 Å². The molecule has 5 heteroatoms. The summed E-state index contributed by atoms with van der Waals surface area (Å²) in [4.78, 5) is 0. The normalized spacial score (nSPS) is 17.1. The van der Waals surface area contributed by atoms with Gasteiger partial charge in [0.2, 0.25) is 0 Å². The number of alkyl halides is 3. The van der Waals surface area contributed by atoms with Crippen molar-refractivity contribution < 1.29 is 13.2 Å². The van der Waals surface area contributed by atoms with Crippen molar-refractivity contribution >= 4 is 0 Å². The standard InChI is InChI=1S/C11H15F3N2/c1-7(2)9-5-10(11(12,13)14)15-16(9)6-8-3-4-8/h5,7-8H,3-4,6H2,1-2H3. The Hall–Kier alpha value is -1.00. The summed E-state index contributed by atoms with van der Waals surface area (Å²) in [7, 11) is 0. The summed E-state index contributed by atoms with van der Waals surface area (Å²) in [6.07, 6.45) is -2.12. The van der Waals surface area contributed by atoms with Gasteiger partial charge < -0.3 is 0 Å². The molecule has 1 saturated carbocycles. The molecule has 0 aromatic carbocycles. The molecule has 1 aromatic rings.